The topological polar surface area (TPSA) is 119 Å². The van der Waals surface area contributed by atoms with Gasteiger partial charge < -0.3 is 24.2 Å². The summed E-state index contributed by atoms with van der Waals surface area (Å²) in [4.78, 5) is 16.6. The Balaban J connectivity index is 1.97. The molecule has 0 aliphatic carbocycles. The molecule has 1 aliphatic rings. The first-order valence-electron chi connectivity index (χ1n) is 8.57. The van der Waals surface area contributed by atoms with Crippen LogP contribution in [0.15, 0.2) is 49.8 Å². The van der Waals surface area contributed by atoms with Crippen LogP contribution in [0.25, 0.3) is 0 Å². The van der Waals surface area contributed by atoms with Crippen LogP contribution in [-0.2, 0) is 16.8 Å². The minimum absolute atomic E-state index is 0.0174. The Kier molecular flexibility index (Phi) is 5.33. The Labute approximate surface area is 168 Å². The molecule has 0 fully saturated rings. The van der Waals surface area contributed by atoms with Crippen molar-refractivity contribution >= 4 is 33.5 Å². The number of aromatic hydroxyl groups is 1. The third-order valence-electron chi connectivity index (χ3n) is 4.27. The van der Waals surface area contributed by atoms with Gasteiger partial charge in [0.05, 0.1) is 24.1 Å². The number of carbonyl (C=O) groups excluding carboxylic acids is 1. The number of nitrogens with zero attached hydrogens (tertiary/aromatic N) is 5. The van der Waals surface area contributed by atoms with E-state index in [0.29, 0.717) is 5.76 Å². The van der Waals surface area contributed by atoms with E-state index >= 15 is 0 Å². The number of likely N-dealkylation sites (N-methyl/N-ethyl adjacent to an activating group) is 2. The number of furan rings is 1. The van der Waals surface area contributed by atoms with E-state index in [1.807, 2.05) is 0 Å². The first-order chi connectivity index (χ1) is 13.6. The van der Waals surface area contributed by atoms with E-state index in [1.165, 1.54) is 29.2 Å². The fourth-order valence-corrected chi connectivity index (χ4v) is 3.72. The van der Waals surface area contributed by atoms with Gasteiger partial charge in [-0.25, -0.2) is 0 Å². The van der Waals surface area contributed by atoms with Crippen molar-refractivity contribution in [1.82, 2.24) is 9.80 Å². The maximum Gasteiger partial charge on any atom is 0.367 e. The number of phenolic OH excluding ortho intramolecular Hbond substituents is 1. The smallest absolute Gasteiger partial charge is 0.367 e. The van der Waals surface area contributed by atoms with Crippen molar-refractivity contribution in [3.63, 3.8) is 0 Å². The van der Waals surface area contributed by atoms with Crippen molar-refractivity contribution in [2.24, 2.45) is 8.80 Å². The van der Waals surface area contributed by atoms with Gasteiger partial charge in [-0.2, -0.15) is 8.42 Å². The average Bonchev–Trinajstić information content (AvgIpc) is 3.27. The summed E-state index contributed by atoms with van der Waals surface area (Å²) in [5.41, 5.74) is 0.302. The lowest BCUT2D eigenvalue weighted by Gasteiger charge is -2.25. The van der Waals surface area contributed by atoms with Crippen LogP contribution in [-0.4, -0.2) is 69.1 Å². The van der Waals surface area contributed by atoms with E-state index < -0.39 is 10.2 Å². The molecule has 0 radical (unpaired) electrons. The van der Waals surface area contributed by atoms with Gasteiger partial charge in [-0.1, -0.05) is 6.07 Å². The number of hydrogen-bond donors (Lipinski definition) is 1. The molecule has 3 rings (SSSR count). The van der Waals surface area contributed by atoms with E-state index in [1.54, 1.807) is 50.3 Å². The highest BCUT2D eigenvalue weighted by Gasteiger charge is 2.32. The first kappa shape index (κ1) is 20.4. The van der Waals surface area contributed by atoms with E-state index in [9.17, 15) is 18.3 Å². The van der Waals surface area contributed by atoms with Gasteiger partial charge in [0.1, 0.15) is 5.76 Å². The molecule has 2 heterocycles. The van der Waals surface area contributed by atoms with Crippen molar-refractivity contribution in [1.29, 1.82) is 0 Å². The fraction of sp³-hybridized carbons (Fsp3) is 0.278. The average molecular weight is 419 g/mol. The molecule has 0 bridgehead atoms. The lowest BCUT2D eigenvalue weighted by atomic mass is 10.1. The Morgan fingerprint density at radius 1 is 1.07 bits per heavy atom. The molecule has 1 aromatic heterocycles. The largest absolute Gasteiger partial charge is 0.505 e. The van der Waals surface area contributed by atoms with Gasteiger partial charge in [-0.3, -0.25) is 4.79 Å². The molecular formula is C18H21N5O5S. The second-order valence-electron chi connectivity index (χ2n) is 6.64. The summed E-state index contributed by atoms with van der Waals surface area (Å²) in [5.74, 6) is 0.0515. The molecule has 11 heteroatoms. The SMILES string of the molecule is CN(C)C(=O)c1cccc(N(C)C2=NS(=O)(=O)N=C2N(C)Cc2ccco2)c1O. The molecule has 1 amide bonds. The molecule has 1 aliphatic heterocycles. The van der Waals surface area contributed by atoms with Crippen molar-refractivity contribution < 1.29 is 22.7 Å². The number of para-hydroxylation sites is 1. The maximum absolute atomic E-state index is 12.3. The van der Waals surface area contributed by atoms with Crippen molar-refractivity contribution in [2.75, 3.05) is 33.1 Å². The molecule has 1 N–H and O–H groups in total. The second-order valence-corrected chi connectivity index (χ2v) is 7.91. The number of carbonyl (C=O) groups is 1. The standard InChI is InChI=1S/C18H21N5O5S/c1-21(2)18(25)13-8-5-9-14(15(13)24)23(4)17-16(19-29(26,27)20-17)22(3)11-12-7-6-10-28-12/h5-10,24H,11H2,1-4H3. The number of hydrogen-bond acceptors (Lipinski definition) is 7. The quantitative estimate of drug-likeness (QED) is 0.793. The van der Waals surface area contributed by atoms with Crippen LogP contribution in [0.2, 0.25) is 0 Å². The lowest BCUT2D eigenvalue weighted by molar-refractivity contribution is 0.0824. The van der Waals surface area contributed by atoms with Crippen LogP contribution in [0.1, 0.15) is 16.1 Å². The van der Waals surface area contributed by atoms with E-state index in [2.05, 4.69) is 8.80 Å². The molecule has 1 aromatic carbocycles. The third kappa shape index (κ3) is 4.09. The Morgan fingerprint density at radius 2 is 1.76 bits per heavy atom. The number of phenols is 1. The number of anilines is 1. The second kappa shape index (κ2) is 7.59. The van der Waals surface area contributed by atoms with Crippen molar-refractivity contribution in [3.8, 4) is 5.75 Å². The summed E-state index contributed by atoms with van der Waals surface area (Å²) < 4.78 is 36.9. The highest BCUT2D eigenvalue weighted by atomic mass is 32.2. The molecule has 29 heavy (non-hydrogen) atoms. The highest BCUT2D eigenvalue weighted by Crippen LogP contribution is 2.32. The molecule has 2 aromatic rings. The van der Waals surface area contributed by atoms with Crippen LogP contribution in [0.4, 0.5) is 5.69 Å². The van der Waals surface area contributed by atoms with Gasteiger partial charge in [0.15, 0.2) is 17.4 Å². The van der Waals surface area contributed by atoms with Gasteiger partial charge in [-0.15, -0.1) is 8.80 Å². The maximum atomic E-state index is 12.3. The van der Waals surface area contributed by atoms with E-state index in [-0.39, 0.29) is 41.1 Å². The van der Waals surface area contributed by atoms with Gasteiger partial charge in [0.25, 0.3) is 5.91 Å². The van der Waals surface area contributed by atoms with Gasteiger partial charge in [0.2, 0.25) is 0 Å². The van der Waals surface area contributed by atoms with Crippen LogP contribution in [0, 0.1) is 0 Å². The van der Waals surface area contributed by atoms with Crippen molar-refractivity contribution in [2.45, 2.75) is 6.54 Å². The molecule has 0 saturated carbocycles. The van der Waals surface area contributed by atoms with Crippen LogP contribution in [0.3, 0.4) is 0 Å². The zero-order chi connectivity index (χ0) is 21.3. The lowest BCUT2D eigenvalue weighted by Crippen LogP contribution is -2.40. The van der Waals surface area contributed by atoms with Gasteiger partial charge >= 0.3 is 10.2 Å². The molecule has 0 saturated heterocycles. The minimum Gasteiger partial charge on any atom is -0.505 e. The number of amides is 1. The zero-order valence-electron chi connectivity index (χ0n) is 16.4. The third-order valence-corrected chi connectivity index (χ3v) is 5.08. The summed E-state index contributed by atoms with van der Waals surface area (Å²) in [6, 6.07) is 8.11. The number of amidine groups is 2. The summed E-state index contributed by atoms with van der Waals surface area (Å²) in [7, 11) is 2.26. The van der Waals surface area contributed by atoms with E-state index in [0.717, 1.165) is 0 Å². The predicted octanol–water partition coefficient (Wildman–Crippen LogP) is 1.31. The summed E-state index contributed by atoms with van der Waals surface area (Å²) in [6.45, 7) is 0.263. The molecular weight excluding hydrogens is 398 g/mol. The summed E-state index contributed by atoms with van der Waals surface area (Å²) in [6.07, 6.45) is 1.52. The van der Waals surface area contributed by atoms with Crippen molar-refractivity contribution in [3.05, 3.63) is 47.9 Å². The molecule has 154 valence electrons. The number of rotatable bonds is 4. The molecule has 0 unspecified atom stereocenters. The Bertz CT molecular complexity index is 1090. The predicted molar refractivity (Wildman–Crippen MR) is 108 cm³/mol. The van der Waals surface area contributed by atoms with Crippen LogP contribution in [0.5, 0.6) is 5.75 Å². The van der Waals surface area contributed by atoms with E-state index in [4.69, 9.17) is 4.42 Å². The van der Waals surface area contributed by atoms with Gasteiger partial charge in [0, 0.05) is 28.2 Å². The summed E-state index contributed by atoms with van der Waals surface area (Å²) >= 11 is 0. The monoisotopic (exact) mass is 419 g/mol. The minimum atomic E-state index is -4.07. The fourth-order valence-electron chi connectivity index (χ4n) is 2.81. The number of benzene rings is 1. The van der Waals surface area contributed by atoms with Crippen LogP contribution < -0.4 is 4.90 Å². The molecule has 0 spiro atoms. The van der Waals surface area contributed by atoms with Gasteiger partial charge in [-0.05, 0) is 24.3 Å². The normalized spacial score (nSPS) is 14.9. The molecule has 0 atom stereocenters. The summed E-state index contributed by atoms with van der Waals surface area (Å²) in [5, 5.41) is 10.6. The Morgan fingerprint density at radius 3 is 2.38 bits per heavy atom. The zero-order valence-corrected chi connectivity index (χ0v) is 17.2. The van der Waals surface area contributed by atoms with Crippen LogP contribution >= 0.6 is 0 Å². The highest BCUT2D eigenvalue weighted by molar-refractivity contribution is 7.89. The first-order valence-corrected chi connectivity index (χ1v) is 9.96. The molecule has 10 nitrogen and oxygen atoms in total. The Hall–Kier alpha value is -3.34.